The number of hydrogen-bond acceptors (Lipinski definition) is 2. The van der Waals surface area contributed by atoms with Gasteiger partial charge in [0.1, 0.15) is 5.69 Å². The molecule has 1 aromatic rings. The van der Waals surface area contributed by atoms with Crippen molar-refractivity contribution in [2.45, 2.75) is 31.8 Å². The van der Waals surface area contributed by atoms with E-state index in [1.54, 1.807) is 6.07 Å². The fourth-order valence-corrected chi connectivity index (χ4v) is 2.41. The van der Waals surface area contributed by atoms with Crippen molar-refractivity contribution in [2.24, 2.45) is 0 Å². The van der Waals surface area contributed by atoms with Crippen molar-refractivity contribution in [3.05, 3.63) is 24.0 Å². The van der Waals surface area contributed by atoms with E-state index < -0.39 is 5.97 Å². The zero-order valence-corrected chi connectivity index (χ0v) is 9.76. The monoisotopic (exact) mass is 222 g/mol. The highest BCUT2D eigenvalue weighted by Gasteiger charge is 2.25. The number of piperidine rings is 1. The van der Waals surface area contributed by atoms with Crippen molar-refractivity contribution in [1.82, 2.24) is 9.47 Å². The van der Waals surface area contributed by atoms with E-state index in [0.717, 1.165) is 19.4 Å². The number of hydrogen-bond donors (Lipinski definition) is 1. The summed E-state index contributed by atoms with van der Waals surface area (Å²) in [6.07, 6.45) is 3.92. The molecule has 0 aliphatic carbocycles. The molecule has 4 nitrogen and oxygen atoms in total. The van der Waals surface area contributed by atoms with E-state index in [-0.39, 0.29) is 0 Å². The molecule has 2 atom stereocenters. The van der Waals surface area contributed by atoms with Gasteiger partial charge in [-0.25, -0.2) is 4.79 Å². The van der Waals surface area contributed by atoms with Crippen molar-refractivity contribution in [3.63, 3.8) is 0 Å². The maximum Gasteiger partial charge on any atom is 0.352 e. The van der Waals surface area contributed by atoms with E-state index in [1.165, 1.54) is 0 Å². The van der Waals surface area contributed by atoms with Crippen LogP contribution in [0.5, 0.6) is 0 Å². The van der Waals surface area contributed by atoms with E-state index in [0.29, 0.717) is 17.8 Å². The van der Waals surface area contributed by atoms with Crippen molar-refractivity contribution in [1.29, 1.82) is 0 Å². The van der Waals surface area contributed by atoms with E-state index >= 15 is 0 Å². The summed E-state index contributed by atoms with van der Waals surface area (Å²) in [7, 11) is 2.12. The quantitative estimate of drug-likeness (QED) is 0.830. The van der Waals surface area contributed by atoms with Gasteiger partial charge < -0.3 is 14.6 Å². The van der Waals surface area contributed by atoms with Gasteiger partial charge in [-0.05, 0) is 38.9 Å². The number of carboxylic acids is 1. The van der Waals surface area contributed by atoms with Crippen molar-refractivity contribution < 1.29 is 9.90 Å². The summed E-state index contributed by atoms with van der Waals surface area (Å²) in [4.78, 5) is 13.4. The Labute approximate surface area is 95.5 Å². The zero-order valence-electron chi connectivity index (χ0n) is 9.76. The normalized spacial score (nSPS) is 26.9. The molecule has 1 aliphatic heterocycles. The first kappa shape index (κ1) is 11.2. The molecule has 1 aliphatic rings. The maximum atomic E-state index is 11.0. The third-order valence-electron chi connectivity index (χ3n) is 3.57. The lowest BCUT2D eigenvalue weighted by Gasteiger charge is -2.36. The van der Waals surface area contributed by atoms with Crippen molar-refractivity contribution >= 4 is 5.97 Å². The first-order valence-electron chi connectivity index (χ1n) is 5.70. The number of carboxylic acid groups (broad SMARTS) is 1. The fourth-order valence-electron chi connectivity index (χ4n) is 2.41. The second kappa shape index (κ2) is 4.29. The van der Waals surface area contributed by atoms with Crippen LogP contribution < -0.4 is 0 Å². The molecule has 0 spiro atoms. The van der Waals surface area contributed by atoms with Gasteiger partial charge in [0.25, 0.3) is 0 Å². The number of likely N-dealkylation sites (tertiary alicyclic amines) is 1. The van der Waals surface area contributed by atoms with Crippen LogP contribution in [0, 0.1) is 0 Å². The molecule has 0 bridgehead atoms. The standard InChI is InChI=1S/C12H18N2O2/c1-9-8-10(5-7-13(9)2)14-6-3-4-11(14)12(15)16/h3-4,6,9-10H,5,7-8H2,1-2H3,(H,15,16). The molecule has 0 amide bonds. The van der Waals surface area contributed by atoms with E-state index in [4.69, 9.17) is 5.11 Å². The van der Waals surface area contributed by atoms with Gasteiger partial charge in [-0.2, -0.15) is 0 Å². The van der Waals surface area contributed by atoms with Gasteiger partial charge >= 0.3 is 5.97 Å². The van der Waals surface area contributed by atoms with Crippen LogP contribution in [0.25, 0.3) is 0 Å². The summed E-state index contributed by atoms with van der Waals surface area (Å²) in [5.41, 5.74) is 0.404. The average Bonchev–Trinajstić information content (AvgIpc) is 2.71. The Morgan fingerprint density at radius 1 is 1.56 bits per heavy atom. The molecular formula is C12H18N2O2. The minimum Gasteiger partial charge on any atom is -0.477 e. The van der Waals surface area contributed by atoms with Crippen LogP contribution in [0.4, 0.5) is 0 Å². The second-order valence-electron chi connectivity index (χ2n) is 4.61. The Kier molecular flexibility index (Phi) is 3.01. The van der Waals surface area contributed by atoms with Gasteiger partial charge in [-0.1, -0.05) is 0 Å². The summed E-state index contributed by atoms with van der Waals surface area (Å²) < 4.78 is 1.91. The number of aromatic carboxylic acids is 1. The van der Waals surface area contributed by atoms with E-state index in [1.807, 2.05) is 16.8 Å². The molecule has 1 fully saturated rings. The second-order valence-corrected chi connectivity index (χ2v) is 4.61. The van der Waals surface area contributed by atoms with Crippen LogP contribution in [0.3, 0.4) is 0 Å². The van der Waals surface area contributed by atoms with Crippen LogP contribution in [-0.4, -0.2) is 40.2 Å². The van der Waals surface area contributed by atoms with Crippen molar-refractivity contribution in [2.75, 3.05) is 13.6 Å². The van der Waals surface area contributed by atoms with Gasteiger partial charge in [-0.3, -0.25) is 0 Å². The lowest BCUT2D eigenvalue weighted by atomic mass is 9.98. The van der Waals surface area contributed by atoms with E-state index in [9.17, 15) is 4.79 Å². The molecule has 0 saturated carbocycles. The van der Waals surface area contributed by atoms with Crippen LogP contribution in [0.15, 0.2) is 18.3 Å². The molecular weight excluding hydrogens is 204 g/mol. The molecule has 1 saturated heterocycles. The fraction of sp³-hybridized carbons (Fsp3) is 0.583. The van der Waals surface area contributed by atoms with Crippen LogP contribution >= 0.6 is 0 Å². The molecule has 1 N–H and O–H groups in total. The number of nitrogens with zero attached hydrogens (tertiary/aromatic N) is 2. The molecule has 4 heteroatoms. The zero-order chi connectivity index (χ0) is 11.7. The molecule has 0 radical (unpaired) electrons. The summed E-state index contributed by atoms with van der Waals surface area (Å²) in [6.45, 7) is 3.22. The Bertz CT molecular complexity index is 386. The highest BCUT2D eigenvalue weighted by Crippen LogP contribution is 2.27. The Balaban J connectivity index is 2.18. The van der Waals surface area contributed by atoms with Gasteiger partial charge in [0.05, 0.1) is 0 Å². The van der Waals surface area contributed by atoms with Crippen LogP contribution in [-0.2, 0) is 0 Å². The minimum atomic E-state index is -0.836. The summed E-state index contributed by atoms with van der Waals surface area (Å²) in [5, 5.41) is 9.07. The van der Waals surface area contributed by atoms with Gasteiger partial charge in [0.2, 0.25) is 0 Å². The Morgan fingerprint density at radius 2 is 2.31 bits per heavy atom. The number of aromatic nitrogens is 1. The predicted octanol–water partition coefficient (Wildman–Crippen LogP) is 1.84. The van der Waals surface area contributed by atoms with Gasteiger partial charge in [0.15, 0.2) is 0 Å². The Morgan fingerprint density at radius 3 is 2.94 bits per heavy atom. The van der Waals surface area contributed by atoms with Crippen LogP contribution in [0.2, 0.25) is 0 Å². The molecule has 2 unspecified atom stereocenters. The Hall–Kier alpha value is -1.29. The lowest BCUT2D eigenvalue weighted by Crippen LogP contribution is -2.38. The average molecular weight is 222 g/mol. The third kappa shape index (κ3) is 1.97. The first-order chi connectivity index (χ1) is 7.59. The van der Waals surface area contributed by atoms with Gasteiger partial charge in [0, 0.05) is 24.8 Å². The minimum absolute atomic E-state index is 0.326. The summed E-state index contributed by atoms with van der Waals surface area (Å²) in [6, 6.07) is 4.33. The van der Waals surface area contributed by atoms with Crippen LogP contribution in [0.1, 0.15) is 36.3 Å². The molecule has 0 aromatic carbocycles. The topological polar surface area (TPSA) is 45.5 Å². The lowest BCUT2D eigenvalue weighted by molar-refractivity contribution is 0.0675. The summed E-state index contributed by atoms with van der Waals surface area (Å²) in [5.74, 6) is -0.836. The highest BCUT2D eigenvalue weighted by molar-refractivity contribution is 5.85. The number of carbonyl (C=O) groups is 1. The van der Waals surface area contributed by atoms with Gasteiger partial charge in [-0.15, -0.1) is 0 Å². The molecule has 2 rings (SSSR count). The highest BCUT2D eigenvalue weighted by atomic mass is 16.4. The molecule has 1 aromatic heterocycles. The largest absolute Gasteiger partial charge is 0.477 e. The summed E-state index contributed by atoms with van der Waals surface area (Å²) >= 11 is 0. The predicted molar refractivity (Wildman–Crippen MR) is 61.8 cm³/mol. The van der Waals surface area contributed by atoms with Crippen molar-refractivity contribution in [3.8, 4) is 0 Å². The van der Waals surface area contributed by atoms with E-state index in [2.05, 4.69) is 18.9 Å². The third-order valence-corrected chi connectivity index (χ3v) is 3.57. The molecule has 16 heavy (non-hydrogen) atoms. The maximum absolute atomic E-state index is 11.0. The molecule has 2 heterocycles. The number of rotatable bonds is 2. The SMILES string of the molecule is CC1CC(n2cccc2C(=O)O)CCN1C. The molecule has 88 valence electrons. The first-order valence-corrected chi connectivity index (χ1v) is 5.70. The smallest absolute Gasteiger partial charge is 0.352 e.